The number of pyridine rings is 1. The lowest BCUT2D eigenvalue weighted by Crippen LogP contribution is -2.45. The van der Waals surface area contributed by atoms with E-state index >= 15 is 0 Å². The number of H-pyrrole nitrogens is 1. The number of methoxy groups -OCH3 is 1. The Morgan fingerprint density at radius 3 is 2.20 bits per heavy atom. The molecule has 1 aromatic heterocycles. The van der Waals surface area contributed by atoms with Gasteiger partial charge in [0.05, 0.1) is 7.11 Å². The summed E-state index contributed by atoms with van der Waals surface area (Å²) in [6.45, 7) is 13.1. The van der Waals surface area contributed by atoms with Crippen LogP contribution in [0.2, 0.25) is 0 Å². The van der Waals surface area contributed by atoms with Gasteiger partial charge in [-0.15, -0.1) is 0 Å². The highest BCUT2D eigenvalue weighted by molar-refractivity contribution is 5.83. The van der Waals surface area contributed by atoms with Crippen molar-refractivity contribution in [1.29, 1.82) is 0 Å². The molecule has 0 saturated heterocycles. The van der Waals surface area contributed by atoms with Crippen LogP contribution in [0.25, 0.3) is 10.9 Å². The molecule has 0 aliphatic carbocycles. The zero-order chi connectivity index (χ0) is 22.4. The van der Waals surface area contributed by atoms with Gasteiger partial charge in [0, 0.05) is 17.5 Å². The highest BCUT2D eigenvalue weighted by Crippen LogP contribution is 2.18. The fourth-order valence-corrected chi connectivity index (χ4v) is 2.68. The molecule has 0 aliphatic heterocycles. The van der Waals surface area contributed by atoms with Crippen LogP contribution >= 0.6 is 0 Å². The van der Waals surface area contributed by atoms with Crippen LogP contribution in [0.3, 0.4) is 0 Å². The lowest BCUT2D eigenvalue weighted by atomic mass is 10.0. The summed E-state index contributed by atoms with van der Waals surface area (Å²) < 4.78 is 9.94. The fraction of sp³-hybridized carbons (Fsp3) is 0.522. The molecule has 1 atom stereocenters. The van der Waals surface area contributed by atoms with E-state index in [9.17, 15) is 14.4 Å². The van der Waals surface area contributed by atoms with Gasteiger partial charge in [0.15, 0.2) is 0 Å². The highest BCUT2D eigenvalue weighted by atomic mass is 16.6. The maximum absolute atomic E-state index is 12.4. The van der Waals surface area contributed by atoms with Crippen LogP contribution in [0.15, 0.2) is 23.0 Å². The normalized spacial score (nSPS) is 11.5. The van der Waals surface area contributed by atoms with E-state index in [4.69, 9.17) is 9.47 Å². The van der Waals surface area contributed by atoms with E-state index in [1.807, 2.05) is 39.8 Å². The topological polar surface area (TPSA) is 97.5 Å². The predicted octanol–water partition coefficient (Wildman–Crippen LogP) is 4.42. The minimum atomic E-state index is -1.03. The third-order valence-corrected chi connectivity index (χ3v) is 4.14. The number of carbonyl (C=O) groups is 2. The number of alkyl carbamates (subject to hydrolysis) is 1. The monoisotopic (exact) mass is 420 g/mol. The van der Waals surface area contributed by atoms with Gasteiger partial charge in [0.1, 0.15) is 11.6 Å². The van der Waals surface area contributed by atoms with Crippen LogP contribution in [0.1, 0.15) is 58.7 Å². The second-order valence-corrected chi connectivity index (χ2v) is 7.57. The predicted molar refractivity (Wildman–Crippen MR) is 121 cm³/mol. The number of hydrogen-bond acceptors (Lipinski definition) is 5. The van der Waals surface area contributed by atoms with E-state index in [1.165, 1.54) is 7.11 Å². The van der Waals surface area contributed by atoms with Gasteiger partial charge in [0.2, 0.25) is 0 Å². The second-order valence-electron chi connectivity index (χ2n) is 7.57. The average molecular weight is 421 g/mol. The smallest absolute Gasteiger partial charge is 0.408 e. The molecule has 0 saturated carbocycles. The van der Waals surface area contributed by atoms with Gasteiger partial charge in [-0.1, -0.05) is 21.3 Å². The van der Waals surface area contributed by atoms with Gasteiger partial charge in [-0.3, -0.25) is 4.79 Å². The number of benzene rings is 1. The average Bonchev–Trinajstić information content (AvgIpc) is 2.63. The molecule has 0 radical (unpaired) electrons. The van der Waals surface area contributed by atoms with Gasteiger partial charge in [0.25, 0.3) is 5.56 Å². The number of aromatic nitrogens is 1. The minimum Gasteiger partial charge on any atom is -0.467 e. The summed E-state index contributed by atoms with van der Waals surface area (Å²) in [5.74, 6) is -0.652. The van der Waals surface area contributed by atoms with Gasteiger partial charge in [-0.05, 0) is 69.3 Å². The Bertz CT molecular complexity index is 926. The Labute approximate surface area is 179 Å². The molecule has 30 heavy (non-hydrogen) atoms. The first-order valence-corrected chi connectivity index (χ1v) is 9.70. The number of fused-ring (bicyclic) bond motifs is 1. The molecule has 0 spiro atoms. The summed E-state index contributed by atoms with van der Waals surface area (Å²) in [7, 11) is 1.23. The number of rotatable bonds is 4. The SMILES string of the molecule is C.CC.COC(=O)C(Cc1cc2cc(C)c(C)cc2[nH]c1=O)NC(=O)OC(C)(C)C. The number of esters is 1. The standard InChI is InChI=1S/C20H26N2O5.C2H6.CH4/c1-11-7-13-9-14(17(23)21-15(13)8-12(11)2)10-16(18(24)26-6)22-19(25)27-20(3,4)5;1-2;/h7-9,16H,10H2,1-6H3,(H,21,23)(H,22,25);1-2H3;1H4. The van der Waals surface area contributed by atoms with Crippen molar-refractivity contribution in [1.82, 2.24) is 10.3 Å². The molecule has 1 aromatic carbocycles. The van der Waals surface area contributed by atoms with E-state index < -0.39 is 23.7 Å². The van der Waals surface area contributed by atoms with Crippen LogP contribution in [0.5, 0.6) is 0 Å². The molecule has 2 N–H and O–H groups in total. The van der Waals surface area contributed by atoms with E-state index in [1.54, 1.807) is 26.8 Å². The number of carbonyl (C=O) groups excluding carboxylic acids is 2. The van der Waals surface area contributed by atoms with Crippen molar-refractivity contribution in [3.63, 3.8) is 0 Å². The Kier molecular flexibility index (Phi) is 10.3. The minimum absolute atomic E-state index is 0. The fourth-order valence-electron chi connectivity index (χ4n) is 2.68. The first-order valence-electron chi connectivity index (χ1n) is 9.70. The number of hydrogen-bond donors (Lipinski definition) is 2. The van der Waals surface area contributed by atoms with Crippen LogP contribution in [-0.4, -0.2) is 35.8 Å². The third-order valence-electron chi connectivity index (χ3n) is 4.14. The molecule has 1 heterocycles. The van der Waals surface area contributed by atoms with Crippen molar-refractivity contribution in [3.8, 4) is 0 Å². The summed E-state index contributed by atoms with van der Waals surface area (Å²) in [5, 5.41) is 3.34. The van der Waals surface area contributed by atoms with Crippen LogP contribution in [0, 0.1) is 13.8 Å². The van der Waals surface area contributed by atoms with Crippen molar-refractivity contribution in [2.24, 2.45) is 0 Å². The first kappa shape index (κ1) is 27.2. The van der Waals surface area contributed by atoms with Crippen LogP contribution < -0.4 is 10.9 Å². The summed E-state index contributed by atoms with van der Waals surface area (Å²) in [4.78, 5) is 39.4. The lowest BCUT2D eigenvalue weighted by Gasteiger charge is -2.22. The Morgan fingerprint density at radius 1 is 1.10 bits per heavy atom. The van der Waals surface area contributed by atoms with E-state index in [2.05, 4.69) is 10.3 Å². The highest BCUT2D eigenvalue weighted by Gasteiger charge is 2.26. The Hall–Kier alpha value is -2.83. The maximum Gasteiger partial charge on any atom is 0.408 e. The molecule has 7 nitrogen and oxygen atoms in total. The van der Waals surface area contributed by atoms with E-state index in [-0.39, 0.29) is 19.4 Å². The Balaban J connectivity index is 0.00000272. The first-order chi connectivity index (χ1) is 13.5. The number of ether oxygens (including phenoxy) is 2. The van der Waals surface area contributed by atoms with Crippen molar-refractivity contribution in [2.45, 2.75) is 74.0 Å². The maximum atomic E-state index is 12.4. The third kappa shape index (κ3) is 7.54. The summed E-state index contributed by atoms with van der Waals surface area (Å²) in [6, 6.07) is 4.58. The number of aryl methyl sites for hydroxylation is 2. The van der Waals surface area contributed by atoms with Crippen LogP contribution in [0.4, 0.5) is 4.79 Å². The number of nitrogens with one attached hydrogen (secondary N) is 2. The largest absolute Gasteiger partial charge is 0.467 e. The van der Waals surface area contributed by atoms with Gasteiger partial charge >= 0.3 is 12.1 Å². The van der Waals surface area contributed by atoms with Crippen molar-refractivity contribution >= 4 is 23.0 Å². The summed E-state index contributed by atoms with van der Waals surface area (Å²) >= 11 is 0. The molecular weight excluding hydrogens is 384 g/mol. The molecule has 0 aliphatic rings. The molecule has 0 fully saturated rings. The Morgan fingerprint density at radius 2 is 1.67 bits per heavy atom. The zero-order valence-electron chi connectivity index (χ0n) is 18.6. The second kappa shape index (κ2) is 11.4. The molecule has 1 amide bonds. The van der Waals surface area contributed by atoms with Crippen molar-refractivity contribution in [3.05, 3.63) is 45.2 Å². The summed E-state index contributed by atoms with van der Waals surface area (Å²) in [6.07, 6.45) is -0.758. The van der Waals surface area contributed by atoms with Crippen molar-refractivity contribution < 1.29 is 19.1 Å². The molecule has 0 bridgehead atoms. The zero-order valence-corrected chi connectivity index (χ0v) is 18.6. The quantitative estimate of drug-likeness (QED) is 0.714. The van der Waals surface area contributed by atoms with Crippen LogP contribution in [-0.2, 0) is 20.7 Å². The number of aromatic amines is 1. The molecule has 1 unspecified atom stereocenters. The summed E-state index contributed by atoms with van der Waals surface area (Å²) in [5.41, 5.74) is 2.24. The van der Waals surface area contributed by atoms with E-state index in [0.29, 0.717) is 5.56 Å². The molecular formula is C23H36N2O5. The number of amides is 1. The molecule has 2 rings (SSSR count). The van der Waals surface area contributed by atoms with Crippen molar-refractivity contribution in [2.75, 3.05) is 7.11 Å². The molecule has 2 aromatic rings. The lowest BCUT2D eigenvalue weighted by molar-refractivity contribution is -0.143. The molecule has 7 heteroatoms. The van der Waals surface area contributed by atoms with Gasteiger partial charge in [-0.2, -0.15) is 0 Å². The van der Waals surface area contributed by atoms with E-state index in [0.717, 1.165) is 22.0 Å². The van der Waals surface area contributed by atoms with Gasteiger partial charge in [-0.25, -0.2) is 9.59 Å². The molecule has 168 valence electrons. The van der Waals surface area contributed by atoms with Gasteiger partial charge < -0.3 is 19.8 Å².